The minimum absolute atomic E-state index is 0.166. The summed E-state index contributed by atoms with van der Waals surface area (Å²) in [4.78, 5) is 34.3. The summed E-state index contributed by atoms with van der Waals surface area (Å²) in [5.74, 6) is 1.40. The van der Waals surface area contributed by atoms with Gasteiger partial charge in [-0.05, 0) is 62.8 Å². The van der Waals surface area contributed by atoms with Gasteiger partial charge in [0.1, 0.15) is 11.5 Å². The monoisotopic (exact) mass is 491 g/mol. The molecular formula is C25H25N5O4S. The number of ether oxygens (including phenoxy) is 2. The lowest BCUT2D eigenvalue weighted by atomic mass is 10.2. The molecule has 9 nitrogen and oxygen atoms in total. The molecule has 0 aliphatic heterocycles. The fourth-order valence-electron chi connectivity index (χ4n) is 4.09. The number of rotatable bonds is 8. The Labute approximate surface area is 205 Å². The van der Waals surface area contributed by atoms with Crippen LogP contribution in [0.15, 0.2) is 46.6 Å². The number of carbonyl (C=O) groups excluding carboxylic acids is 1. The first kappa shape index (κ1) is 22.9. The molecule has 0 atom stereocenters. The first-order valence-electron chi connectivity index (χ1n) is 11.5. The molecule has 0 spiro atoms. The number of nitrogens with zero attached hydrogens (tertiary/aromatic N) is 3. The number of amides is 1. The van der Waals surface area contributed by atoms with Crippen LogP contribution in [0.3, 0.4) is 0 Å². The van der Waals surface area contributed by atoms with E-state index in [0.29, 0.717) is 41.8 Å². The largest absolute Gasteiger partial charge is 0.490 e. The van der Waals surface area contributed by atoms with Crippen molar-refractivity contribution in [3.63, 3.8) is 0 Å². The van der Waals surface area contributed by atoms with Gasteiger partial charge < -0.3 is 14.8 Å². The average Bonchev–Trinajstić information content (AvgIpc) is 3.61. The Morgan fingerprint density at radius 3 is 2.74 bits per heavy atom. The normalized spacial score (nSPS) is 12.4. The maximum atomic E-state index is 13.2. The van der Waals surface area contributed by atoms with E-state index in [0.717, 1.165) is 35.4 Å². The van der Waals surface area contributed by atoms with E-state index in [1.165, 1.54) is 16.0 Å². The lowest BCUT2D eigenvalue weighted by Gasteiger charge is -2.13. The molecule has 0 saturated heterocycles. The summed E-state index contributed by atoms with van der Waals surface area (Å²) in [5, 5.41) is 9.54. The molecule has 3 aromatic heterocycles. The van der Waals surface area contributed by atoms with Crippen molar-refractivity contribution in [1.82, 2.24) is 19.7 Å². The number of fused-ring (bicyclic) bond motifs is 1. The van der Waals surface area contributed by atoms with Crippen molar-refractivity contribution < 1.29 is 14.3 Å². The molecule has 1 aliphatic rings. The van der Waals surface area contributed by atoms with Crippen LogP contribution in [0.1, 0.15) is 41.9 Å². The van der Waals surface area contributed by atoms with E-state index in [2.05, 4.69) is 20.4 Å². The van der Waals surface area contributed by atoms with Gasteiger partial charge in [0.15, 0.2) is 11.5 Å². The number of hydrogen-bond acceptors (Lipinski definition) is 7. The number of carbonyl (C=O) groups is 1. The van der Waals surface area contributed by atoms with E-state index < -0.39 is 0 Å². The van der Waals surface area contributed by atoms with Crippen LogP contribution in [0, 0.1) is 0 Å². The molecule has 0 fully saturated rings. The van der Waals surface area contributed by atoms with E-state index in [9.17, 15) is 9.59 Å². The van der Waals surface area contributed by atoms with Gasteiger partial charge in [-0.25, -0.2) is 4.98 Å². The topological polar surface area (TPSA) is 111 Å². The van der Waals surface area contributed by atoms with E-state index >= 15 is 0 Å². The Balaban J connectivity index is 1.52. The van der Waals surface area contributed by atoms with E-state index in [1.807, 2.05) is 31.4 Å². The van der Waals surface area contributed by atoms with Crippen molar-refractivity contribution in [2.24, 2.45) is 0 Å². The lowest BCUT2D eigenvalue weighted by Crippen LogP contribution is -2.21. The van der Waals surface area contributed by atoms with Gasteiger partial charge in [0, 0.05) is 17.2 Å². The van der Waals surface area contributed by atoms with E-state index in [-0.39, 0.29) is 17.4 Å². The third-order valence-corrected chi connectivity index (χ3v) is 6.55. The Hall–Kier alpha value is -3.92. The van der Waals surface area contributed by atoms with Crippen LogP contribution < -0.4 is 20.3 Å². The quantitative estimate of drug-likeness (QED) is 0.382. The van der Waals surface area contributed by atoms with Crippen LogP contribution in [0.5, 0.6) is 11.5 Å². The Kier molecular flexibility index (Phi) is 6.37. The fourth-order valence-corrected chi connectivity index (χ4v) is 4.77. The maximum Gasteiger partial charge on any atom is 0.256 e. The molecule has 0 saturated carbocycles. The predicted octanol–water partition coefficient (Wildman–Crippen LogP) is 4.22. The molecule has 3 heterocycles. The van der Waals surface area contributed by atoms with Crippen LogP contribution >= 0.6 is 11.3 Å². The molecular weight excluding hydrogens is 466 g/mol. The highest BCUT2D eigenvalue weighted by atomic mass is 32.1. The van der Waals surface area contributed by atoms with Gasteiger partial charge in [-0.1, -0.05) is 6.07 Å². The van der Waals surface area contributed by atoms with Crippen molar-refractivity contribution in [1.29, 1.82) is 0 Å². The van der Waals surface area contributed by atoms with Crippen LogP contribution in [0.2, 0.25) is 0 Å². The summed E-state index contributed by atoms with van der Waals surface area (Å²) in [6.07, 6.45) is 2.37. The summed E-state index contributed by atoms with van der Waals surface area (Å²) >= 11 is 1.53. The highest BCUT2D eigenvalue weighted by molar-refractivity contribution is 7.13. The average molecular weight is 492 g/mol. The van der Waals surface area contributed by atoms with Gasteiger partial charge in [0.2, 0.25) is 5.95 Å². The van der Waals surface area contributed by atoms with Crippen LogP contribution in [-0.4, -0.2) is 38.9 Å². The second kappa shape index (κ2) is 9.75. The lowest BCUT2D eigenvalue weighted by molar-refractivity contribution is 0.102. The molecule has 4 aromatic rings. The molecule has 35 heavy (non-hydrogen) atoms. The SMILES string of the molecule is CCOc1ccc(C(=O)Nc2cc(-c3cccs3)nn2-c2nc3c(c(=O)[nH]2)CCC3)cc1OCC. The van der Waals surface area contributed by atoms with Gasteiger partial charge in [-0.3, -0.25) is 14.6 Å². The highest BCUT2D eigenvalue weighted by Crippen LogP contribution is 2.30. The smallest absolute Gasteiger partial charge is 0.256 e. The molecule has 1 amide bonds. The van der Waals surface area contributed by atoms with Gasteiger partial charge in [0.05, 0.1) is 23.8 Å². The Morgan fingerprint density at radius 1 is 1.14 bits per heavy atom. The van der Waals surface area contributed by atoms with Crippen LogP contribution in [-0.2, 0) is 12.8 Å². The van der Waals surface area contributed by atoms with Crippen molar-refractivity contribution in [3.8, 4) is 28.0 Å². The Morgan fingerprint density at radius 2 is 1.97 bits per heavy atom. The van der Waals surface area contributed by atoms with Crippen LogP contribution in [0.4, 0.5) is 5.82 Å². The molecule has 5 rings (SSSR count). The minimum atomic E-state index is -0.351. The molecule has 10 heteroatoms. The minimum Gasteiger partial charge on any atom is -0.490 e. The number of aromatic amines is 1. The van der Waals surface area contributed by atoms with Crippen molar-refractivity contribution in [2.75, 3.05) is 18.5 Å². The summed E-state index contributed by atoms with van der Waals surface area (Å²) in [6.45, 7) is 4.69. The van der Waals surface area contributed by atoms with Crippen molar-refractivity contribution in [3.05, 3.63) is 69.0 Å². The number of aryl methyl sites for hydroxylation is 1. The second-order valence-corrected chi connectivity index (χ2v) is 8.90. The number of thiophene rings is 1. The third-order valence-electron chi connectivity index (χ3n) is 5.66. The molecule has 0 bridgehead atoms. The van der Waals surface area contributed by atoms with Gasteiger partial charge in [-0.2, -0.15) is 9.78 Å². The summed E-state index contributed by atoms with van der Waals surface area (Å²) in [6, 6.07) is 10.7. The van der Waals surface area contributed by atoms with Gasteiger partial charge in [-0.15, -0.1) is 11.3 Å². The number of aromatic nitrogens is 4. The molecule has 0 radical (unpaired) electrons. The maximum absolute atomic E-state index is 13.2. The number of benzene rings is 1. The fraction of sp³-hybridized carbons (Fsp3) is 0.280. The van der Waals surface area contributed by atoms with Gasteiger partial charge in [0.25, 0.3) is 11.5 Å². The van der Waals surface area contributed by atoms with Crippen molar-refractivity contribution in [2.45, 2.75) is 33.1 Å². The summed E-state index contributed by atoms with van der Waals surface area (Å²) < 4.78 is 12.7. The molecule has 0 unspecified atom stereocenters. The standard InChI is InChI=1S/C25H25N5O4S/c1-3-33-19-11-10-15(13-20(19)34-4-2)23(31)27-22-14-18(21-9-6-12-35-21)29-30(22)25-26-17-8-5-7-16(17)24(32)28-25/h6,9-14H,3-5,7-8H2,1-2H3,(H,27,31)(H,26,28,32). The summed E-state index contributed by atoms with van der Waals surface area (Å²) in [5.41, 5.74) is 2.41. The number of hydrogen-bond donors (Lipinski definition) is 2. The zero-order valence-electron chi connectivity index (χ0n) is 19.5. The first-order chi connectivity index (χ1) is 17.1. The highest BCUT2D eigenvalue weighted by Gasteiger charge is 2.22. The molecule has 1 aliphatic carbocycles. The van der Waals surface area contributed by atoms with Crippen molar-refractivity contribution >= 4 is 23.1 Å². The van der Waals surface area contributed by atoms with E-state index in [1.54, 1.807) is 24.3 Å². The number of nitrogens with one attached hydrogen (secondary N) is 2. The molecule has 2 N–H and O–H groups in total. The number of H-pyrrole nitrogens is 1. The number of anilines is 1. The zero-order chi connectivity index (χ0) is 24.4. The van der Waals surface area contributed by atoms with Gasteiger partial charge >= 0.3 is 0 Å². The second-order valence-electron chi connectivity index (χ2n) is 7.95. The molecule has 1 aromatic carbocycles. The summed E-state index contributed by atoms with van der Waals surface area (Å²) in [7, 11) is 0. The zero-order valence-corrected chi connectivity index (χ0v) is 20.3. The Bertz CT molecular complexity index is 1420. The van der Waals surface area contributed by atoms with E-state index in [4.69, 9.17) is 9.47 Å². The predicted molar refractivity (Wildman–Crippen MR) is 134 cm³/mol. The first-order valence-corrected chi connectivity index (χ1v) is 12.4. The third kappa shape index (κ3) is 4.57. The molecule has 180 valence electrons. The van der Waals surface area contributed by atoms with Crippen LogP contribution in [0.25, 0.3) is 16.5 Å².